The minimum Gasteiger partial charge on any atom is -0.493 e. The normalized spacial score (nSPS) is 21.4. The largest absolute Gasteiger partial charge is 0.493 e. The average molecular weight is 362 g/mol. The molecule has 1 aromatic rings. The second-order valence-corrected chi connectivity index (χ2v) is 9.52. The van der Waals surface area contributed by atoms with Crippen LogP contribution in [0.25, 0.3) is 0 Å². The van der Waals surface area contributed by atoms with Crippen LogP contribution in [0.4, 0.5) is 4.79 Å². The zero-order valence-electron chi connectivity index (χ0n) is 17.5. The Bertz CT molecular complexity index is 613. The van der Waals surface area contributed by atoms with Gasteiger partial charge in [0, 0.05) is 12.6 Å². The van der Waals surface area contributed by atoms with E-state index in [4.69, 9.17) is 9.47 Å². The van der Waals surface area contributed by atoms with E-state index < -0.39 is 5.60 Å². The van der Waals surface area contributed by atoms with Gasteiger partial charge in [-0.2, -0.15) is 0 Å². The number of amides is 1. The molecule has 1 amide bonds. The van der Waals surface area contributed by atoms with Gasteiger partial charge < -0.3 is 14.4 Å². The van der Waals surface area contributed by atoms with Crippen molar-refractivity contribution in [1.82, 2.24) is 4.90 Å². The summed E-state index contributed by atoms with van der Waals surface area (Å²) < 4.78 is 11.7. The van der Waals surface area contributed by atoms with E-state index >= 15 is 0 Å². The van der Waals surface area contributed by atoms with Gasteiger partial charge in [-0.05, 0) is 63.5 Å². The molecule has 1 aliphatic heterocycles. The molecule has 0 saturated carbocycles. The molecule has 1 aromatic carbocycles. The van der Waals surface area contributed by atoms with Gasteiger partial charge in [0.2, 0.25) is 0 Å². The maximum absolute atomic E-state index is 12.7. The summed E-state index contributed by atoms with van der Waals surface area (Å²) in [6, 6.07) is 8.27. The highest BCUT2D eigenvalue weighted by atomic mass is 16.6. The summed E-state index contributed by atoms with van der Waals surface area (Å²) in [6.07, 6.45) is 1.68. The fourth-order valence-corrected chi connectivity index (χ4v) is 3.48. The van der Waals surface area contributed by atoms with Crippen LogP contribution in [0.3, 0.4) is 0 Å². The maximum Gasteiger partial charge on any atom is 0.410 e. The van der Waals surface area contributed by atoms with Crippen LogP contribution in [-0.4, -0.2) is 35.8 Å². The lowest BCUT2D eigenvalue weighted by molar-refractivity contribution is -0.0189. The minimum absolute atomic E-state index is 0.00175. The maximum atomic E-state index is 12.7. The lowest BCUT2D eigenvalue weighted by Crippen LogP contribution is -2.53. The Morgan fingerprint density at radius 1 is 1.15 bits per heavy atom. The van der Waals surface area contributed by atoms with Gasteiger partial charge in [0.05, 0.1) is 6.61 Å². The number of benzene rings is 1. The highest BCUT2D eigenvalue weighted by Gasteiger charge is 2.40. The van der Waals surface area contributed by atoms with Crippen molar-refractivity contribution in [2.24, 2.45) is 11.3 Å². The molecule has 2 rings (SSSR count). The lowest BCUT2D eigenvalue weighted by atomic mass is 9.77. The van der Waals surface area contributed by atoms with E-state index in [1.807, 2.05) is 43.9 Å². The Hall–Kier alpha value is -1.71. The number of ether oxygens (including phenoxy) is 2. The van der Waals surface area contributed by atoms with Crippen molar-refractivity contribution >= 4 is 6.09 Å². The molecular formula is C22H35NO3. The molecule has 0 N–H and O–H groups in total. The van der Waals surface area contributed by atoms with Gasteiger partial charge in [-0.1, -0.05) is 39.0 Å². The Labute approximate surface area is 158 Å². The van der Waals surface area contributed by atoms with Crippen molar-refractivity contribution in [3.8, 4) is 5.75 Å². The number of likely N-dealkylation sites (tertiary alicyclic amines) is 1. The van der Waals surface area contributed by atoms with Crippen molar-refractivity contribution in [3.05, 3.63) is 29.8 Å². The summed E-state index contributed by atoms with van der Waals surface area (Å²) >= 11 is 0. The average Bonchev–Trinajstić information content (AvgIpc) is 2.51. The molecule has 0 radical (unpaired) electrons. The minimum atomic E-state index is -0.468. The Morgan fingerprint density at radius 3 is 2.38 bits per heavy atom. The predicted molar refractivity (Wildman–Crippen MR) is 106 cm³/mol. The number of hydrogen-bond donors (Lipinski definition) is 0. The molecule has 2 atom stereocenters. The molecule has 0 bridgehead atoms. The van der Waals surface area contributed by atoms with Crippen LogP contribution in [-0.2, 0) is 4.74 Å². The highest BCUT2D eigenvalue weighted by Crippen LogP contribution is 2.35. The molecule has 4 heteroatoms. The van der Waals surface area contributed by atoms with Crippen molar-refractivity contribution in [2.45, 2.75) is 73.0 Å². The molecule has 0 aromatic heterocycles. The monoisotopic (exact) mass is 361 g/mol. The first-order chi connectivity index (χ1) is 12.0. The van der Waals surface area contributed by atoms with Crippen LogP contribution in [0.1, 0.15) is 59.9 Å². The quantitative estimate of drug-likeness (QED) is 0.720. The molecule has 1 aliphatic rings. The summed E-state index contributed by atoms with van der Waals surface area (Å²) in [7, 11) is 0. The SMILES string of the molecule is Cc1ccccc1OCC1CCN(C(=O)OC(C)(C)C)C(C(C)(C)C)C1. The summed E-state index contributed by atoms with van der Waals surface area (Å²) in [6.45, 7) is 15.8. The number of carbonyl (C=O) groups is 1. The predicted octanol–water partition coefficient (Wildman–Crippen LogP) is 5.44. The molecule has 1 fully saturated rings. The van der Waals surface area contributed by atoms with E-state index in [0.29, 0.717) is 12.5 Å². The van der Waals surface area contributed by atoms with Gasteiger partial charge in [-0.15, -0.1) is 0 Å². The van der Waals surface area contributed by atoms with Gasteiger partial charge in [0.15, 0.2) is 0 Å². The molecule has 1 heterocycles. The first-order valence-corrected chi connectivity index (χ1v) is 9.65. The highest BCUT2D eigenvalue weighted by molar-refractivity contribution is 5.68. The second kappa shape index (κ2) is 7.89. The number of hydrogen-bond acceptors (Lipinski definition) is 3. The van der Waals surface area contributed by atoms with Crippen LogP contribution in [0.2, 0.25) is 0 Å². The van der Waals surface area contributed by atoms with Crippen molar-refractivity contribution < 1.29 is 14.3 Å². The van der Waals surface area contributed by atoms with E-state index in [2.05, 4.69) is 33.8 Å². The first-order valence-electron chi connectivity index (χ1n) is 9.65. The van der Waals surface area contributed by atoms with Gasteiger partial charge in [0.1, 0.15) is 11.4 Å². The van der Waals surface area contributed by atoms with E-state index in [1.165, 1.54) is 0 Å². The number of para-hydroxylation sites is 1. The van der Waals surface area contributed by atoms with Crippen LogP contribution >= 0.6 is 0 Å². The third-order valence-electron chi connectivity index (χ3n) is 4.91. The summed E-state index contributed by atoms with van der Waals surface area (Å²) in [4.78, 5) is 14.6. The smallest absolute Gasteiger partial charge is 0.410 e. The third-order valence-corrected chi connectivity index (χ3v) is 4.91. The Balaban J connectivity index is 2.03. The Kier molecular flexibility index (Phi) is 6.25. The molecule has 4 nitrogen and oxygen atoms in total. The second-order valence-electron chi connectivity index (χ2n) is 9.52. The third kappa shape index (κ3) is 5.65. The lowest BCUT2D eigenvalue weighted by Gasteiger charge is -2.45. The van der Waals surface area contributed by atoms with Gasteiger partial charge in [0.25, 0.3) is 0 Å². The number of piperidine rings is 1. The van der Waals surface area contributed by atoms with Gasteiger partial charge >= 0.3 is 6.09 Å². The molecule has 146 valence electrons. The summed E-state index contributed by atoms with van der Waals surface area (Å²) in [5.74, 6) is 1.40. The fraction of sp³-hybridized carbons (Fsp3) is 0.682. The van der Waals surface area contributed by atoms with Crippen molar-refractivity contribution in [1.29, 1.82) is 0 Å². The van der Waals surface area contributed by atoms with E-state index in [-0.39, 0.29) is 17.6 Å². The zero-order valence-corrected chi connectivity index (χ0v) is 17.5. The number of aryl methyl sites for hydroxylation is 1. The Morgan fingerprint density at radius 2 is 1.81 bits per heavy atom. The van der Waals surface area contributed by atoms with Gasteiger partial charge in [-0.25, -0.2) is 4.79 Å². The molecule has 1 saturated heterocycles. The number of rotatable bonds is 3. The molecule has 0 spiro atoms. The fourth-order valence-electron chi connectivity index (χ4n) is 3.48. The molecule has 2 unspecified atom stereocenters. The van der Waals surface area contributed by atoms with E-state index in [1.54, 1.807) is 0 Å². The first kappa shape index (κ1) is 20.6. The summed E-state index contributed by atoms with van der Waals surface area (Å²) in [5.41, 5.74) is 0.689. The van der Waals surface area contributed by atoms with Crippen LogP contribution in [0, 0.1) is 18.3 Å². The molecular weight excluding hydrogens is 326 g/mol. The molecule has 0 aliphatic carbocycles. The summed E-state index contributed by atoms with van der Waals surface area (Å²) in [5, 5.41) is 0. The topological polar surface area (TPSA) is 38.8 Å². The van der Waals surface area contributed by atoms with E-state index in [0.717, 1.165) is 30.7 Å². The van der Waals surface area contributed by atoms with Gasteiger partial charge in [-0.3, -0.25) is 0 Å². The number of nitrogens with zero attached hydrogens (tertiary/aromatic N) is 1. The van der Waals surface area contributed by atoms with Crippen molar-refractivity contribution in [2.75, 3.05) is 13.2 Å². The van der Waals surface area contributed by atoms with E-state index in [9.17, 15) is 4.79 Å². The van der Waals surface area contributed by atoms with Crippen LogP contribution in [0.5, 0.6) is 5.75 Å². The van der Waals surface area contributed by atoms with Crippen LogP contribution in [0.15, 0.2) is 24.3 Å². The molecule has 26 heavy (non-hydrogen) atoms. The standard InChI is InChI=1S/C22H35NO3/c1-16-10-8-9-11-18(16)25-15-17-12-13-23(19(14-17)21(2,3)4)20(24)26-22(5,6)7/h8-11,17,19H,12-15H2,1-7H3. The zero-order chi connectivity index (χ0) is 19.5. The number of carbonyl (C=O) groups excluding carboxylic acids is 1. The van der Waals surface area contributed by atoms with Crippen molar-refractivity contribution in [3.63, 3.8) is 0 Å². The van der Waals surface area contributed by atoms with Crippen LogP contribution < -0.4 is 4.74 Å².